The van der Waals surface area contributed by atoms with Crippen molar-refractivity contribution in [3.63, 3.8) is 0 Å². The Bertz CT molecular complexity index is 987. The molecule has 0 aliphatic carbocycles. The fourth-order valence-electron chi connectivity index (χ4n) is 2.70. The first-order valence-electron chi connectivity index (χ1n) is 7.93. The third-order valence-corrected chi connectivity index (χ3v) is 4.54. The third-order valence-electron chi connectivity index (χ3n) is 4.29. The number of carbonyl (C=O) groups excluding carboxylic acids is 1. The molecule has 0 fully saturated rings. The van der Waals surface area contributed by atoms with Crippen LogP contribution < -0.4 is 5.56 Å². The van der Waals surface area contributed by atoms with Gasteiger partial charge in [-0.1, -0.05) is 18.5 Å². The van der Waals surface area contributed by atoms with Gasteiger partial charge in [-0.25, -0.2) is 5.10 Å². The van der Waals surface area contributed by atoms with Gasteiger partial charge in [0, 0.05) is 27.8 Å². The van der Waals surface area contributed by atoms with Crippen LogP contribution >= 0.6 is 11.6 Å². The maximum atomic E-state index is 12.7. The number of hydrogen-bond donors (Lipinski definition) is 2. The summed E-state index contributed by atoms with van der Waals surface area (Å²) < 4.78 is 0. The molecule has 1 unspecified atom stereocenters. The quantitative estimate of drug-likeness (QED) is 0.699. The molecule has 2 N–H and O–H groups in total. The van der Waals surface area contributed by atoms with E-state index in [9.17, 15) is 9.59 Å². The van der Waals surface area contributed by atoms with Gasteiger partial charge in [0.25, 0.3) is 5.56 Å². The Morgan fingerprint density at radius 1 is 1.12 bits per heavy atom. The van der Waals surface area contributed by atoms with Gasteiger partial charge in [-0.05, 0) is 55.8 Å². The molecule has 1 atom stereocenters. The van der Waals surface area contributed by atoms with Gasteiger partial charge in [0.2, 0.25) is 5.78 Å². The molecular weight excluding hydrogens is 338 g/mol. The first kappa shape index (κ1) is 17.2. The van der Waals surface area contributed by atoms with Gasteiger partial charge in [-0.3, -0.25) is 9.59 Å². The summed E-state index contributed by atoms with van der Waals surface area (Å²) in [5, 5.41) is 7.20. The highest BCUT2D eigenvalue weighted by Gasteiger charge is 2.19. The molecule has 1 aromatic carbocycles. The summed E-state index contributed by atoms with van der Waals surface area (Å²) in [7, 11) is 0. The van der Waals surface area contributed by atoms with E-state index >= 15 is 0 Å². The van der Waals surface area contributed by atoms with Crippen molar-refractivity contribution in [2.24, 2.45) is 0 Å². The minimum Gasteiger partial charge on any atom is -0.355 e. The molecule has 128 valence electrons. The summed E-state index contributed by atoms with van der Waals surface area (Å²) in [6.45, 7) is 5.61. The van der Waals surface area contributed by atoms with Crippen LogP contribution in [0.5, 0.6) is 0 Å². The zero-order chi connectivity index (χ0) is 18.1. The molecule has 3 aromatic rings. The summed E-state index contributed by atoms with van der Waals surface area (Å²) in [5.74, 6) is -0.167. The van der Waals surface area contributed by atoms with Gasteiger partial charge in [0.15, 0.2) is 0 Å². The van der Waals surface area contributed by atoms with Crippen LogP contribution in [-0.4, -0.2) is 21.0 Å². The van der Waals surface area contributed by atoms with E-state index in [2.05, 4.69) is 15.2 Å². The van der Waals surface area contributed by atoms with E-state index in [0.717, 1.165) is 17.0 Å². The summed E-state index contributed by atoms with van der Waals surface area (Å²) in [4.78, 5) is 27.4. The molecule has 0 bridgehead atoms. The molecule has 2 aromatic heterocycles. The van der Waals surface area contributed by atoms with E-state index in [1.807, 2.05) is 19.9 Å². The highest BCUT2D eigenvalue weighted by atomic mass is 35.5. The van der Waals surface area contributed by atoms with Crippen LogP contribution in [0, 0.1) is 13.8 Å². The molecule has 0 saturated carbocycles. The third kappa shape index (κ3) is 3.42. The van der Waals surface area contributed by atoms with Crippen molar-refractivity contribution < 1.29 is 4.79 Å². The number of benzene rings is 1. The Morgan fingerprint density at radius 2 is 1.80 bits per heavy atom. The van der Waals surface area contributed by atoms with Crippen molar-refractivity contribution in [3.05, 3.63) is 85.5 Å². The van der Waals surface area contributed by atoms with Crippen LogP contribution in [0.25, 0.3) is 0 Å². The van der Waals surface area contributed by atoms with E-state index in [1.165, 1.54) is 0 Å². The zero-order valence-corrected chi connectivity index (χ0v) is 14.9. The van der Waals surface area contributed by atoms with Crippen LogP contribution in [0.15, 0.2) is 41.2 Å². The number of aromatic amines is 2. The van der Waals surface area contributed by atoms with Crippen LogP contribution in [0.1, 0.15) is 51.4 Å². The van der Waals surface area contributed by atoms with E-state index in [1.54, 1.807) is 37.3 Å². The number of H-pyrrole nitrogens is 2. The molecule has 3 rings (SSSR count). The number of nitrogens with zero attached hydrogens (tertiary/aromatic N) is 1. The molecule has 0 aliphatic heterocycles. The van der Waals surface area contributed by atoms with Gasteiger partial charge in [-0.15, -0.1) is 0 Å². The SMILES string of the molecule is Cc1cc(C(C)c2cc(C)c(=O)[nH]n2)[nH]c1C(=O)c1ccc(Cl)cc1. The number of aromatic nitrogens is 3. The minimum atomic E-state index is -0.197. The largest absolute Gasteiger partial charge is 0.355 e. The van der Waals surface area contributed by atoms with Crippen molar-refractivity contribution in [2.45, 2.75) is 26.7 Å². The van der Waals surface area contributed by atoms with Crippen molar-refractivity contribution in [1.29, 1.82) is 0 Å². The van der Waals surface area contributed by atoms with E-state index in [-0.39, 0.29) is 17.3 Å². The standard InChI is InChI=1S/C19H18ClN3O2/c1-10-8-15(12(3)16-9-11(2)19(25)23-22-16)21-17(10)18(24)13-4-6-14(20)7-5-13/h4-9,12,21H,1-3H3,(H,23,25). The highest BCUT2D eigenvalue weighted by molar-refractivity contribution is 6.30. The maximum Gasteiger partial charge on any atom is 0.267 e. The molecule has 0 saturated heterocycles. The van der Waals surface area contributed by atoms with Gasteiger partial charge in [0.1, 0.15) is 0 Å². The lowest BCUT2D eigenvalue weighted by molar-refractivity contribution is 0.103. The molecule has 5 nitrogen and oxygen atoms in total. The minimum absolute atomic E-state index is 0.0824. The van der Waals surface area contributed by atoms with E-state index in [4.69, 9.17) is 11.6 Å². The summed E-state index contributed by atoms with van der Waals surface area (Å²) in [6.07, 6.45) is 0. The number of rotatable bonds is 4. The monoisotopic (exact) mass is 355 g/mol. The molecule has 2 heterocycles. The zero-order valence-electron chi connectivity index (χ0n) is 14.2. The molecule has 0 aliphatic rings. The van der Waals surface area contributed by atoms with Crippen LogP contribution in [0.2, 0.25) is 5.02 Å². The highest BCUT2D eigenvalue weighted by Crippen LogP contribution is 2.25. The number of aryl methyl sites for hydroxylation is 2. The van der Waals surface area contributed by atoms with Gasteiger partial charge in [0.05, 0.1) is 11.4 Å². The van der Waals surface area contributed by atoms with Crippen molar-refractivity contribution in [1.82, 2.24) is 15.2 Å². The Kier molecular flexibility index (Phi) is 4.59. The predicted octanol–water partition coefficient (Wildman–Crippen LogP) is 3.75. The first-order chi connectivity index (χ1) is 11.9. The smallest absolute Gasteiger partial charge is 0.267 e. The van der Waals surface area contributed by atoms with Gasteiger partial charge in [-0.2, -0.15) is 5.10 Å². The second kappa shape index (κ2) is 6.69. The Labute approximate surface area is 150 Å². The van der Waals surface area contributed by atoms with E-state index < -0.39 is 0 Å². The number of carbonyl (C=O) groups is 1. The van der Waals surface area contributed by atoms with Gasteiger partial charge < -0.3 is 4.98 Å². The Balaban J connectivity index is 1.93. The Morgan fingerprint density at radius 3 is 2.44 bits per heavy atom. The molecule has 6 heteroatoms. The average Bonchev–Trinajstić information content (AvgIpc) is 2.98. The second-order valence-corrected chi connectivity index (χ2v) is 6.58. The lowest BCUT2D eigenvalue weighted by Gasteiger charge is -2.09. The summed E-state index contributed by atoms with van der Waals surface area (Å²) in [6, 6.07) is 10.5. The molecule has 0 amide bonds. The molecule has 0 radical (unpaired) electrons. The molecular formula is C19H18ClN3O2. The fraction of sp³-hybridized carbons (Fsp3) is 0.211. The first-order valence-corrected chi connectivity index (χ1v) is 8.30. The topological polar surface area (TPSA) is 78.6 Å². The van der Waals surface area contributed by atoms with Crippen molar-refractivity contribution >= 4 is 17.4 Å². The lowest BCUT2D eigenvalue weighted by atomic mass is 10.0. The number of ketones is 1. The maximum absolute atomic E-state index is 12.7. The number of nitrogens with one attached hydrogen (secondary N) is 2. The lowest BCUT2D eigenvalue weighted by Crippen LogP contribution is -2.14. The second-order valence-electron chi connectivity index (χ2n) is 6.15. The van der Waals surface area contributed by atoms with Crippen LogP contribution in [0.4, 0.5) is 0 Å². The van der Waals surface area contributed by atoms with Crippen molar-refractivity contribution in [3.8, 4) is 0 Å². The van der Waals surface area contributed by atoms with Crippen LogP contribution in [0.3, 0.4) is 0 Å². The summed E-state index contributed by atoms with van der Waals surface area (Å²) >= 11 is 5.88. The number of hydrogen-bond acceptors (Lipinski definition) is 3. The van der Waals surface area contributed by atoms with Gasteiger partial charge >= 0.3 is 0 Å². The van der Waals surface area contributed by atoms with Crippen LogP contribution in [-0.2, 0) is 0 Å². The average molecular weight is 356 g/mol. The summed E-state index contributed by atoms with van der Waals surface area (Å²) in [5.41, 5.74) is 4.01. The fourth-order valence-corrected chi connectivity index (χ4v) is 2.83. The predicted molar refractivity (Wildman–Crippen MR) is 97.5 cm³/mol. The Hall–Kier alpha value is -2.66. The van der Waals surface area contributed by atoms with E-state index in [0.29, 0.717) is 21.8 Å². The normalized spacial score (nSPS) is 12.2. The number of halogens is 1. The van der Waals surface area contributed by atoms with Crippen molar-refractivity contribution in [2.75, 3.05) is 0 Å². The molecule has 0 spiro atoms. The molecule has 25 heavy (non-hydrogen) atoms.